The molecule has 0 aliphatic heterocycles. The van der Waals surface area contributed by atoms with Crippen LogP contribution in [0.5, 0.6) is 0 Å². The number of pyridine rings is 1. The fourth-order valence-corrected chi connectivity index (χ4v) is 3.86. The van der Waals surface area contributed by atoms with Gasteiger partial charge in [0, 0.05) is 29.4 Å². The average Bonchev–Trinajstić information content (AvgIpc) is 2.76. The molecule has 3 aromatic rings. The molecule has 5 nitrogen and oxygen atoms in total. The zero-order chi connectivity index (χ0) is 20.1. The number of nitrogens with one attached hydrogen (secondary N) is 2. The maximum absolute atomic E-state index is 6.41. The quantitative estimate of drug-likeness (QED) is 0.489. The van der Waals surface area contributed by atoms with Gasteiger partial charge < -0.3 is 10.6 Å². The largest absolute Gasteiger partial charge is 0.366 e. The summed E-state index contributed by atoms with van der Waals surface area (Å²) in [4.78, 5) is 13.5. The minimum absolute atomic E-state index is 0.437. The van der Waals surface area contributed by atoms with Crippen LogP contribution in [0.1, 0.15) is 37.7 Å². The predicted molar refractivity (Wildman–Crippen MR) is 120 cm³/mol. The standard InChI is InChI=1S/C22H23Cl2N5/c23-17-8-6-15(7-9-17)13-26-20-12-16(10-11-25-20)21-19(24)14-27-22(29-21)28-18-4-2-1-3-5-18/h6-12,14,18H,1-5,13H2,(H,25,26)(H,27,28,29). The highest BCUT2D eigenvalue weighted by Gasteiger charge is 2.16. The lowest BCUT2D eigenvalue weighted by Gasteiger charge is -2.22. The zero-order valence-corrected chi connectivity index (χ0v) is 17.5. The second kappa shape index (κ2) is 9.42. The van der Waals surface area contributed by atoms with Crippen molar-refractivity contribution in [1.29, 1.82) is 0 Å². The van der Waals surface area contributed by atoms with Crippen LogP contribution in [0.2, 0.25) is 10.0 Å². The molecule has 0 saturated heterocycles. The van der Waals surface area contributed by atoms with Gasteiger partial charge >= 0.3 is 0 Å². The minimum Gasteiger partial charge on any atom is -0.366 e. The first-order valence-electron chi connectivity index (χ1n) is 9.91. The van der Waals surface area contributed by atoms with Crippen molar-refractivity contribution in [2.75, 3.05) is 10.6 Å². The summed E-state index contributed by atoms with van der Waals surface area (Å²) >= 11 is 12.4. The molecule has 0 bridgehead atoms. The molecule has 0 radical (unpaired) electrons. The molecule has 1 saturated carbocycles. The summed E-state index contributed by atoms with van der Waals surface area (Å²) in [6.45, 7) is 0.652. The van der Waals surface area contributed by atoms with Gasteiger partial charge in [-0.1, -0.05) is 54.6 Å². The van der Waals surface area contributed by atoms with Crippen molar-refractivity contribution in [3.05, 3.63) is 64.4 Å². The Hall–Kier alpha value is -2.37. The normalized spacial score (nSPS) is 14.6. The molecule has 0 spiro atoms. The zero-order valence-electron chi connectivity index (χ0n) is 16.0. The van der Waals surface area contributed by atoms with Gasteiger partial charge in [0.25, 0.3) is 0 Å². The van der Waals surface area contributed by atoms with Gasteiger partial charge in [-0.15, -0.1) is 0 Å². The van der Waals surface area contributed by atoms with Crippen molar-refractivity contribution < 1.29 is 0 Å². The van der Waals surface area contributed by atoms with Crippen LogP contribution in [0.15, 0.2) is 48.8 Å². The molecule has 1 aliphatic carbocycles. The molecule has 29 heavy (non-hydrogen) atoms. The first-order chi connectivity index (χ1) is 14.2. The Bertz CT molecular complexity index is 956. The number of aromatic nitrogens is 3. The number of anilines is 2. The number of rotatable bonds is 6. The van der Waals surface area contributed by atoms with Gasteiger partial charge in [-0.25, -0.2) is 15.0 Å². The van der Waals surface area contributed by atoms with Gasteiger partial charge in [0.15, 0.2) is 0 Å². The Morgan fingerprint density at radius 3 is 2.55 bits per heavy atom. The molecule has 2 heterocycles. The van der Waals surface area contributed by atoms with Gasteiger partial charge in [0.2, 0.25) is 5.95 Å². The lowest BCUT2D eigenvalue weighted by atomic mass is 9.96. The highest BCUT2D eigenvalue weighted by atomic mass is 35.5. The summed E-state index contributed by atoms with van der Waals surface area (Å²) in [5, 5.41) is 8.04. The summed E-state index contributed by atoms with van der Waals surface area (Å²) < 4.78 is 0. The average molecular weight is 428 g/mol. The van der Waals surface area contributed by atoms with Crippen molar-refractivity contribution in [1.82, 2.24) is 15.0 Å². The van der Waals surface area contributed by atoms with Crippen LogP contribution in [-0.4, -0.2) is 21.0 Å². The number of benzene rings is 1. The van der Waals surface area contributed by atoms with E-state index in [0.717, 1.165) is 34.8 Å². The Morgan fingerprint density at radius 2 is 1.76 bits per heavy atom. The molecule has 4 rings (SSSR count). The lowest BCUT2D eigenvalue weighted by molar-refractivity contribution is 0.461. The fourth-order valence-electron chi connectivity index (χ4n) is 3.54. The van der Waals surface area contributed by atoms with Crippen LogP contribution in [0, 0.1) is 0 Å². The van der Waals surface area contributed by atoms with E-state index in [0.29, 0.717) is 29.3 Å². The summed E-state index contributed by atoms with van der Waals surface area (Å²) in [5.41, 5.74) is 2.73. The molecule has 2 N–H and O–H groups in total. The Balaban J connectivity index is 1.49. The summed E-state index contributed by atoms with van der Waals surface area (Å²) in [6.07, 6.45) is 9.57. The van der Waals surface area contributed by atoms with Gasteiger partial charge in [0.05, 0.1) is 16.9 Å². The molecule has 7 heteroatoms. The van der Waals surface area contributed by atoms with Crippen LogP contribution in [0.25, 0.3) is 11.3 Å². The van der Waals surface area contributed by atoms with Crippen molar-refractivity contribution >= 4 is 35.0 Å². The molecule has 0 unspecified atom stereocenters. The summed E-state index contributed by atoms with van der Waals surface area (Å²) in [6, 6.07) is 12.0. The Labute approximate surface area is 180 Å². The molecular weight excluding hydrogens is 405 g/mol. The highest BCUT2D eigenvalue weighted by Crippen LogP contribution is 2.28. The highest BCUT2D eigenvalue weighted by molar-refractivity contribution is 6.33. The number of hydrogen-bond acceptors (Lipinski definition) is 5. The number of halogens is 2. The van der Waals surface area contributed by atoms with Crippen molar-refractivity contribution in [2.45, 2.75) is 44.7 Å². The summed E-state index contributed by atoms with van der Waals surface area (Å²) in [7, 11) is 0. The third kappa shape index (κ3) is 5.37. The van der Waals surface area contributed by atoms with Crippen molar-refractivity contribution in [3.8, 4) is 11.3 Å². The first-order valence-corrected chi connectivity index (χ1v) is 10.7. The number of nitrogens with zero attached hydrogens (tertiary/aromatic N) is 3. The third-order valence-electron chi connectivity index (χ3n) is 5.10. The van der Waals surface area contributed by atoms with E-state index in [1.54, 1.807) is 12.4 Å². The molecule has 150 valence electrons. The van der Waals surface area contributed by atoms with Gasteiger partial charge in [-0.3, -0.25) is 0 Å². The van der Waals surface area contributed by atoms with E-state index in [-0.39, 0.29) is 0 Å². The van der Waals surface area contributed by atoms with E-state index in [1.165, 1.54) is 19.3 Å². The van der Waals surface area contributed by atoms with Crippen molar-refractivity contribution in [3.63, 3.8) is 0 Å². The topological polar surface area (TPSA) is 62.7 Å². The number of hydrogen-bond donors (Lipinski definition) is 2. The molecule has 1 aromatic carbocycles. The SMILES string of the molecule is Clc1ccc(CNc2cc(-c3nc(NC4CCCCC4)ncc3Cl)ccn2)cc1. The predicted octanol–water partition coefficient (Wildman–Crippen LogP) is 6.20. The van der Waals surface area contributed by atoms with E-state index >= 15 is 0 Å². The van der Waals surface area contributed by atoms with Crippen LogP contribution < -0.4 is 10.6 Å². The Morgan fingerprint density at radius 1 is 0.966 bits per heavy atom. The van der Waals surface area contributed by atoms with Crippen molar-refractivity contribution in [2.24, 2.45) is 0 Å². The molecule has 1 aliphatic rings. The molecule has 0 amide bonds. The van der Waals surface area contributed by atoms with Crippen LogP contribution in [-0.2, 0) is 6.54 Å². The van der Waals surface area contributed by atoms with E-state index in [9.17, 15) is 0 Å². The fraction of sp³-hybridized carbons (Fsp3) is 0.318. The van der Waals surface area contributed by atoms with E-state index in [2.05, 4.69) is 25.6 Å². The lowest BCUT2D eigenvalue weighted by Crippen LogP contribution is -2.23. The van der Waals surface area contributed by atoms with E-state index in [4.69, 9.17) is 23.2 Å². The summed E-state index contributed by atoms with van der Waals surface area (Å²) in [5.74, 6) is 1.39. The van der Waals surface area contributed by atoms with Crippen LogP contribution in [0.3, 0.4) is 0 Å². The first kappa shape index (κ1) is 19.9. The second-order valence-electron chi connectivity index (χ2n) is 7.28. The van der Waals surface area contributed by atoms with E-state index < -0.39 is 0 Å². The van der Waals surface area contributed by atoms with E-state index in [1.807, 2.05) is 36.4 Å². The van der Waals surface area contributed by atoms with Crippen LogP contribution >= 0.6 is 23.2 Å². The maximum atomic E-state index is 6.41. The molecule has 1 fully saturated rings. The minimum atomic E-state index is 0.437. The van der Waals surface area contributed by atoms with Gasteiger partial charge in [-0.2, -0.15) is 0 Å². The molecule has 0 atom stereocenters. The maximum Gasteiger partial charge on any atom is 0.223 e. The van der Waals surface area contributed by atoms with Crippen LogP contribution in [0.4, 0.5) is 11.8 Å². The molecule has 2 aromatic heterocycles. The smallest absolute Gasteiger partial charge is 0.223 e. The van der Waals surface area contributed by atoms with Gasteiger partial charge in [0.1, 0.15) is 5.82 Å². The third-order valence-corrected chi connectivity index (χ3v) is 5.63. The monoisotopic (exact) mass is 427 g/mol. The Kier molecular flexibility index (Phi) is 6.47. The van der Waals surface area contributed by atoms with Gasteiger partial charge in [-0.05, 0) is 42.7 Å². The molecular formula is C22H23Cl2N5. The second-order valence-corrected chi connectivity index (χ2v) is 8.12.